The summed E-state index contributed by atoms with van der Waals surface area (Å²) in [6.45, 7) is 1.28. The number of ether oxygens (including phenoxy) is 1. The molecule has 0 radical (unpaired) electrons. The van der Waals surface area contributed by atoms with Crippen molar-refractivity contribution in [2.24, 2.45) is 4.99 Å². The summed E-state index contributed by atoms with van der Waals surface area (Å²) in [6.07, 6.45) is 0. The highest BCUT2D eigenvalue weighted by Gasteiger charge is 2.18. The predicted octanol–water partition coefficient (Wildman–Crippen LogP) is 2.36. The molecule has 2 aromatic rings. The van der Waals surface area contributed by atoms with E-state index in [9.17, 15) is 4.79 Å². The number of methoxy groups -OCH3 is 1. The van der Waals surface area contributed by atoms with Crippen LogP contribution in [0.3, 0.4) is 0 Å². The average molecular weight is 412 g/mol. The number of benzene rings is 2. The Labute approximate surface area is 179 Å². The number of likely N-dealkylation sites (N-methyl/N-ethyl adjacent to an activating group) is 1. The summed E-state index contributed by atoms with van der Waals surface area (Å²) < 4.78 is 5.53. The molecule has 7 nitrogen and oxygen atoms in total. The van der Waals surface area contributed by atoms with Crippen molar-refractivity contribution in [3.8, 4) is 5.75 Å². The van der Waals surface area contributed by atoms with Crippen molar-refractivity contribution in [2.75, 3.05) is 48.9 Å². The number of nitrogens with one attached hydrogen (secondary N) is 2. The highest BCUT2D eigenvalue weighted by Crippen LogP contribution is 2.27. The third kappa shape index (κ3) is 6.22. The molecule has 30 heavy (non-hydrogen) atoms. The van der Waals surface area contributed by atoms with Gasteiger partial charge in [0.05, 0.1) is 13.2 Å². The van der Waals surface area contributed by atoms with Crippen LogP contribution in [0.4, 0.5) is 0 Å². The van der Waals surface area contributed by atoms with Crippen LogP contribution in [0.2, 0.25) is 0 Å². The van der Waals surface area contributed by atoms with Gasteiger partial charge in [-0.25, -0.2) is 0 Å². The molecule has 0 spiro atoms. The zero-order chi connectivity index (χ0) is 22.1. The van der Waals surface area contributed by atoms with Crippen LogP contribution in [0.15, 0.2) is 53.5 Å². The number of nitrogens with zero attached hydrogens (tertiary/aromatic N) is 3. The SMILES string of the molecule is CN=C(NCc1ccc(C(=O)N(C)C)cc1)NCC(c1ccccc1OC)N(C)C. The molecule has 2 N–H and O–H groups in total. The zero-order valence-electron chi connectivity index (χ0n) is 18.8. The normalized spacial score (nSPS) is 12.4. The van der Waals surface area contributed by atoms with E-state index in [0.717, 1.165) is 16.9 Å². The quantitative estimate of drug-likeness (QED) is 0.516. The van der Waals surface area contributed by atoms with Crippen LogP contribution >= 0.6 is 0 Å². The fourth-order valence-electron chi connectivity index (χ4n) is 3.14. The smallest absolute Gasteiger partial charge is 0.253 e. The monoisotopic (exact) mass is 411 g/mol. The number of amides is 1. The zero-order valence-corrected chi connectivity index (χ0v) is 18.8. The molecule has 2 aromatic carbocycles. The van der Waals surface area contributed by atoms with Crippen molar-refractivity contribution in [3.05, 3.63) is 65.2 Å². The molecule has 1 unspecified atom stereocenters. The predicted molar refractivity (Wildman–Crippen MR) is 122 cm³/mol. The van der Waals surface area contributed by atoms with Gasteiger partial charge in [0.2, 0.25) is 0 Å². The van der Waals surface area contributed by atoms with Crippen molar-refractivity contribution >= 4 is 11.9 Å². The number of carbonyl (C=O) groups is 1. The van der Waals surface area contributed by atoms with E-state index in [1.54, 1.807) is 33.2 Å². The van der Waals surface area contributed by atoms with Gasteiger partial charge in [-0.15, -0.1) is 0 Å². The van der Waals surface area contributed by atoms with Crippen molar-refractivity contribution in [3.63, 3.8) is 0 Å². The summed E-state index contributed by atoms with van der Waals surface area (Å²) in [5, 5.41) is 6.72. The Kier molecular flexibility index (Phi) is 8.68. The Morgan fingerprint density at radius 1 is 1.03 bits per heavy atom. The Morgan fingerprint density at radius 3 is 2.27 bits per heavy atom. The summed E-state index contributed by atoms with van der Waals surface area (Å²) in [5.41, 5.74) is 2.87. The van der Waals surface area contributed by atoms with Gasteiger partial charge < -0.3 is 25.2 Å². The topological polar surface area (TPSA) is 69.2 Å². The Balaban J connectivity index is 1.97. The van der Waals surface area contributed by atoms with Crippen LogP contribution in [0, 0.1) is 0 Å². The van der Waals surface area contributed by atoms with E-state index in [1.165, 1.54) is 0 Å². The van der Waals surface area contributed by atoms with Crippen LogP contribution in [-0.2, 0) is 6.54 Å². The number of para-hydroxylation sites is 1. The standard InChI is InChI=1S/C23H33N5O2/c1-24-23(25-15-17-11-13-18(14-12-17)22(29)28(4)5)26-16-20(27(2)3)19-9-7-8-10-21(19)30-6/h7-14,20H,15-16H2,1-6H3,(H2,24,25,26). The van der Waals surface area contributed by atoms with Crippen LogP contribution < -0.4 is 15.4 Å². The van der Waals surface area contributed by atoms with E-state index in [2.05, 4.69) is 26.6 Å². The summed E-state index contributed by atoms with van der Waals surface area (Å²) in [7, 11) is 11.0. The maximum atomic E-state index is 12.0. The van der Waals surface area contributed by atoms with Gasteiger partial charge in [0.1, 0.15) is 5.75 Å². The van der Waals surface area contributed by atoms with Gasteiger partial charge in [0.15, 0.2) is 5.96 Å². The van der Waals surface area contributed by atoms with Crippen molar-refractivity contribution in [1.82, 2.24) is 20.4 Å². The Morgan fingerprint density at radius 2 is 1.70 bits per heavy atom. The van der Waals surface area contributed by atoms with Crippen LogP contribution in [-0.4, -0.2) is 70.6 Å². The fourth-order valence-corrected chi connectivity index (χ4v) is 3.14. The molecule has 0 bridgehead atoms. The molecule has 0 saturated carbocycles. The number of rotatable bonds is 8. The molecule has 1 atom stereocenters. The number of guanidine groups is 1. The molecule has 0 saturated heterocycles. The number of hydrogen-bond donors (Lipinski definition) is 2. The number of hydrogen-bond acceptors (Lipinski definition) is 4. The minimum Gasteiger partial charge on any atom is -0.496 e. The van der Waals surface area contributed by atoms with Crippen LogP contribution in [0.5, 0.6) is 5.75 Å². The lowest BCUT2D eigenvalue weighted by Gasteiger charge is -2.27. The summed E-state index contributed by atoms with van der Waals surface area (Å²) >= 11 is 0. The first-order chi connectivity index (χ1) is 14.4. The van der Waals surface area contributed by atoms with Gasteiger partial charge in [-0.1, -0.05) is 30.3 Å². The first-order valence-electron chi connectivity index (χ1n) is 9.91. The highest BCUT2D eigenvalue weighted by molar-refractivity contribution is 5.93. The molecule has 2 rings (SSSR count). The lowest BCUT2D eigenvalue weighted by molar-refractivity contribution is 0.0827. The van der Waals surface area contributed by atoms with E-state index >= 15 is 0 Å². The third-order valence-electron chi connectivity index (χ3n) is 4.87. The average Bonchev–Trinajstić information content (AvgIpc) is 2.75. The van der Waals surface area contributed by atoms with Crippen molar-refractivity contribution < 1.29 is 9.53 Å². The van der Waals surface area contributed by atoms with Crippen LogP contribution in [0.1, 0.15) is 27.5 Å². The molecule has 1 amide bonds. The third-order valence-corrected chi connectivity index (χ3v) is 4.87. The Bertz CT molecular complexity index is 847. The largest absolute Gasteiger partial charge is 0.496 e. The molecule has 0 heterocycles. The molecule has 162 valence electrons. The molecule has 0 aliphatic carbocycles. The second kappa shape index (κ2) is 11.2. The van der Waals surface area contributed by atoms with Gasteiger partial charge in [0, 0.05) is 45.4 Å². The first-order valence-corrected chi connectivity index (χ1v) is 9.91. The molecule has 0 fully saturated rings. The minimum absolute atomic E-state index is 0.00180. The maximum Gasteiger partial charge on any atom is 0.253 e. The molecule has 7 heteroatoms. The second-order valence-electron chi connectivity index (χ2n) is 7.42. The number of aliphatic imine (C=N–C) groups is 1. The molecule has 0 aliphatic heterocycles. The number of carbonyl (C=O) groups excluding carboxylic acids is 1. The van der Waals surface area contributed by atoms with Crippen molar-refractivity contribution in [2.45, 2.75) is 12.6 Å². The van der Waals surface area contributed by atoms with Gasteiger partial charge in [0.25, 0.3) is 5.91 Å². The summed E-state index contributed by atoms with van der Waals surface area (Å²) in [6, 6.07) is 15.8. The van der Waals surface area contributed by atoms with E-state index in [-0.39, 0.29) is 11.9 Å². The Hall–Kier alpha value is -3.06. The van der Waals surface area contributed by atoms with Gasteiger partial charge >= 0.3 is 0 Å². The maximum absolute atomic E-state index is 12.0. The molecule has 0 aromatic heterocycles. The van der Waals surface area contributed by atoms with E-state index in [1.807, 2.05) is 56.6 Å². The van der Waals surface area contributed by atoms with Crippen molar-refractivity contribution in [1.29, 1.82) is 0 Å². The molecular weight excluding hydrogens is 378 g/mol. The van der Waals surface area contributed by atoms with E-state index in [0.29, 0.717) is 24.6 Å². The first kappa shape index (κ1) is 23.2. The summed E-state index contributed by atoms with van der Waals surface area (Å²) in [4.78, 5) is 20.0. The fraction of sp³-hybridized carbons (Fsp3) is 0.391. The van der Waals surface area contributed by atoms with Crippen LogP contribution in [0.25, 0.3) is 0 Å². The van der Waals surface area contributed by atoms with E-state index < -0.39 is 0 Å². The molecular formula is C23H33N5O2. The molecule has 0 aliphatic rings. The van der Waals surface area contributed by atoms with Gasteiger partial charge in [-0.05, 0) is 37.9 Å². The van der Waals surface area contributed by atoms with Gasteiger partial charge in [-0.2, -0.15) is 0 Å². The highest BCUT2D eigenvalue weighted by atomic mass is 16.5. The summed E-state index contributed by atoms with van der Waals surface area (Å²) in [5.74, 6) is 1.58. The van der Waals surface area contributed by atoms with E-state index in [4.69, 9.17) is 4.74 Å². The lowest BCUT2D eigenvalue weighted by atomic mass is 10.0. The van der Waals surface area contributed by atoms with Gasteiger partial charge in [-0.3, -0.25) is 9.79 Å². The second-order valence-corrected chi connectivity index (χ2v) is 7.42. The lowest BCUT2D eigenvalue weighted by Crippen LogP contribution is -2.41. The minimum atomic E-state index is -0.00180.